The number of nitrogens with zero attached hydrogens (tertiary/aromatic N) is 2. The topological polar surface area (TPSA) is 25.2 Å². The monoisotopic (exact) mass is 436 g/mol. The fourth-order valence-corrected chi connectivity index (χ4v) is 3.07. The molecule has 0 fully saturated rings. The molecule has 4 heteroatoms. The van der Waals surface area contributed by atoms with Crippen LogP contribution in [0.3, 0.4) is 0 Å². The van der Waals surface area contributed by atoms with Crippen molar-refractivity contribution in [3.8, 4) is 0 Å². The molecule has 0 amide bonds. The summed E-state index contributed by atoms with van der Waals surface area (Å²) in [5.41, 5.74) is 5.42. The standard InChI is InChI=1S/C14H15N2S.Ir/c1-14(2)6-3-7-15-13(14)10-4-5-12-11(8-10)16-9-17-12;/h5,8-9H,3,6-7H2,1-2H3;/q-1;. The first-order valence-electron chi connectivity index (χ1n) is 5.97. The SMILES string of the molecule is CC1(C)CCCN=C1c1[c-]cc2scnc2c1.[Ir]. The molecule has 0 unspecified atom stereocenters. The summed E-state index contributed by atoms with van der Waals surface area (Å²) in [6, 6.07) is 7.52. The van der Waals surface area contributed by atoms with Crippen LogP contribution in [0, 0.1) is 11.5 Å². The van der Waals surface area contributed by atoms with Crippen LogP contribution in [0.2, 0.25) is 0 Å². The van der Waals surface area contributed by atoms with Crippen LogP contribution in [-0.4, -0.2) is 17.2 Å². The van der Waals surface area contributed by atoms with Crippen molar-refractivity contribution in [2.24, 2.45) is 10.4 Å². The number of aliphatic imine (C=N–C) groups is 1. The molecule has 0 N–H and O–H groups in total. The minimum absolute atomic E-state index is 0. The Morgan fingerprint density at radius 3 is 3.00 bits per heavy atom. The Bertz CT molecular complexity index is 586. The Kier molecular flexibility index (Phi) is 4.00. The molecular weight excluding hydrogens is 420 g/mol. The van der Waals surface area contributed by atoms with Crippen molar-refractivity contribution >= 4 is 27.3 Å². The maximum atomic E-state index is 4.70. The van der Waals surface area contributed by atoms with Crippen LogP contribution in [0.15, 0.2) is 22.6 Å². The molecule has 1 aliphatic rings. The van der Waals surface area contributed by atoms with E-state index in [9.17, 15) is 0 Å². The Morgan fingerprint density at radius 1 is 1.39 bits per heavy atom. The number of benzene rings is 1. The zero-order valence-corrected chi connectivity index (χ0v) is 13.7. The van der Waals surface area contributed by atoms with E-state index in [1.54, 1.807) is 11.3 Å². The molecule has 18 heavy (non-hydrogen) atoms. The van der Waals surface area contributed by atoms with E-state index in [1.807, 2.05) is 11.6 Å². The normalized spacial score (nSPS) is 18.2. The van der Waals surface area contributed by atoms with Gasteiger partial charge in [0.2, 0.25) is 0 Å². The van der Waals surface area contributed by atoms with Crippen molar-refractivity contribution in [2.75, 3.05) is 6.54 Å². The zero-order valence-electron chi connectivity index (χ0n) is 10.5. The van der Waals surface area contributed by atoms with Crippen LogP contribution in [0.4, 0.5) is 0 Å². The third-order valence-corrected chi connectivity index (χ3v) is 4.18. The van der Waals surface area contributed by atoms with E-state index in [2.05, 4.69) is 31.0 Å². The fourth-order valence-electron chi connectivity index (χ4n) is 2.43. The van der Waals surface area contributed by atoms with E-state index < -0.39 is 0 Å². The van der Waals surface area contributed by atoms with Crippen molar-refractivity contribution in [1.82, 2.24) is 4.98 Å². The average molecular weight is 436 g/mol. The molecule has 0 atom stereocenters. The molecule has 0 bridgehead atoms. The minimum atomic E-state index is 0. The van der Waals surface area contributed by atoms with Gasteiger partial charge < -0.3 is 4.99 Å². The molecule has 2 nitrogen and oxygen atoms in total. The summed E-state index contributed by atoms with van der Waals surface area (Å²) >= 11 is 1.66. The van der Waals surface area contributed by atoms with E-state index in [1.165, 1.54) is 23.3 Å². The van der Waals surface area contributed by atoms with Gasteiger partial charge in [0.05, 0.1) is 5.51 Å². The van der Waals surface area contributed by atoms with Gasteiger partial charge in [0.1, 0.15) is 0 Å². The van der Waals surface area contributed by atoms with Crippen LogP contribution in [-0.2, 0) is 20.1 Å². The molecule has 0 saturated heterocycles. The van der Waals surface area contributed by atoms with E-state index in [0.717, 1.165) is 17.6 Å². The molecular formula is C14H15IrN2S-. The second kappa shape index (κ2) is 5.20. The van der Waals surface area contributed by atoms with Crippen LogP contribution >= 0.6 is 11.3 Å². The molecule has 0 spiro atoms. The third-order valence-electron chi connectivity index (χ3n) is 3.39. The smallest absolute Gasteiger partial charge is 0.0692 e. The molecule has 97 valence electrons. The summed E-state index contributed by atoms with van der Waals surface area (Å²) in [7, 11) is 0. The molecule has 1 radical (unpaired) electrons. The van der Waals surface area contributed by atoms with Gasteiger partial charge in [-0.05, 0) is 34.2 Å². The first-order chi connectivity index (χ1) is 8.17. The Hall–Kier alpha value is -0.571. The van der Waals surface area contributed by atoms with Gasteiger partial charge in [0, 0.05) is 26.7 Å². The van der Waals surface area contributed by atoms with E-state index in [0.29, 0.717) is 0 Å². The van der Waals surface area contributed by atoms with Crippen LogP contribution in [0.5, 0.6) is 0 Å². The van der Waals surface area contributed by atoms with Crippen LogP contribution in [0.25, 0.3) is 10.2 Å². The van der Waals surface area contributed by atoms with Gasteiger partial charge in [0.25, 0.3) is 0 Å². The van der Waals surface area contributed by atoms with Gasteiger partial charge >= 0.3 is 0 Å². The Labute approximate surface area is 125 Å². The van der Waals surface area contributed by atoms with E-state index in [4.69, 9.17) is 4.99 Å². The largest absolute Gasteiger partial charge is 0.337 e. The molecule has 2 heterocycles. The Morgan fingerprint density at radius 2 is 2.22 bits per heavy atom. The average Bonchev–Trinajstić information content (AvgIpc) is 2.75. The van der Waals surface area contributed by atoms with Gasteiger partial charge in [-0.15, -0.1) is 23.8 Å². The first-order valence-corrected chi connectivity index (χ1v) is 6.85. The van der Waals surface area contributed by atoms with Gasteiger partial charge in [0.15, 0.2) is 0 Å². The molecule has 1 aromatic heterocycles. The molecule has 1 aromatic carbocycles. The summed E-state index contributed by atoms with van der Waals surface area (Å²) in [4.78, 5) is 9.07. The minimum Gasteiger partial charge on any atom is -0.337 e. The number of hydrogen-bond donors (Lipinski definition) is 0. The van der Waals surface area contributed by atoms with Crippen LogP contribution < -0.4 is 0 Å². The van der Waals surface area contributed by atoms with E-state index >= 15 is 0 Å². The van der Waals surface area contributed by atoms with Crippen LogP contribution in [0.1, 0.15) is 32.3 Å². The van der Waals surface area contributed by atoms with Gasteiger partial charge in [-0.2, -0.15) is 11.3 Å². The molecule has 2 aromatic rings. The van der Waals surface area contributed by atoms with Crippen molar-refractivity contribution < 1.29 is 20.1 Å². The molecule has 3 rings (SSSR count). The maximum absolute atomic E-state index is 4.70. The number of thiazole rings is 1. The summed E-state index contributed by atoms with van der Waals surface area (Å²) in [6.07, 6.45) is 2.39. The number of rotatable bonds is 1. The van der Waals surface area contributed by atoms with Crippen molar-refractivity contribution in [3.63, 3.8) is 0 Å². The maximum Gasteiger partial charge on any atom is 0.0692 e. The van der Waals surface area contributed by atoms with Crippen molar-refractivity contribution in [3.05, 3.63) is 29.3 Å². The molecule has 0 aliphatic carbocycles. The summed E-state index contributed by atoms with van der Waals surface area (Å²) < 4.78 is 1.20. The summed E-state index contributed by atoms with van der Waals surface area (Å²) in [6.45, 7) is 5.48. The van der Waals surface area contributed by atoms with Gasteiger partial charge in [-0.3, -0.25) is 4.98 Å². The Balaban J connectivity index is 0.00000120. The second-order valence-corrected chi connectivity index (χ2v) is 6.05. The quantitative estimate of drug-likeness (QED) is 0.627. The second-order valence-electron chi connectivity index (χ2n) is 5.17. The molecule has 0 saturated carbocycles. The summed E-state index contributed by atoms with van der Waals surface area (Å²) in [5, 5.41) is 0. The van der Waals surface area contributed by atoms with Gasteiger partial charge in [-0.1, -0.05) is 13.8 Å². The van der Waals surface area contributed by atoms with Crippen molar-refractivity contribution in [2.45, 2.75) is 26.7 Å². The number of fused-ring (bicyclic) bond motifs is 1. The summed E-state index contributed by atoms with van der Waals surface area (Å²) in [5.74, 6) is 0. The predicted molar refractivity (Wildman–Crippen MR) is 72.9 cm³/mol. The first kappa shape index (κ1) is 13.9. The van der Waals surface area contributed by atoms with Gasteiger partial charge in [-0.25, -0.2) is 0 Å². The third kappa shape index (κ3) is 2.42. The van der Waals surface area contributed by atoms with Crippen molar-refractivity contribution in [1.29, 1.82) is 0 Å². The zero-order chi connectivity index (χ0) is 11.9. The number of aromatic nitrogens is 1. The van der Waals surface area contributed by atoms with E-state index in [-0.39, 0.29) is 25.5 Å². The molecule has 1 aliphatic heterocycles. The fraction of sp³-hybridized carbons (Fsp3) is 0.429. The number of hydrogen-bond acceptors (Lipinski definition) is 3. The predicted octanol–water partition coefficient (Wildman–Crippen LogP) is 3.70.